The lowest BCUT2D eigenvalue weighted by Crippen LogP contribution is -2.28. The second kappa shape index (κ2) is 6.41. The number of carbonyl (C=O) groups is 1. The fraction of sp³-hybridized carbons (Fsp3) is 0.211. The van der Waals surface area contributed by atoms with Crippen molar-refractivity contribution in [3.63, 3.8) is 0 Å². The Kier molecular flexibility index (Phi) is 4.26. The quantitative estimate of drug-likeness (QED) is 0.800. The highest BCUT2D eigenvalue weighted by atomic mass is 16.5. The molecule has 0 saturated heterocycles. The molecule has 132 valence electrons. The van der Waals surface area contributed by atoms with Crippen molar-refractivity contribution in [2.75, 3.05) is 7.11 Å². The minimum atomic E-state index is -0.962. The molecule has 7 nitrogen and oxygen atoms in total. The Hall–Kier alpha value is -3.53. The van der Waals surface area contributed by atoms with Crippen molar-refractivity contribution in [3.05, 3.63) is 68.5 Å². The summed E-state index contributed by atoms with van der Waals surface area (Å²) in [5.41, 5.74) is 7.38. The number of esters is 1. The van der Waals surface area contributed by atoms with Crippen LogP contribution in [0.15, 0.2) is 51.8 Å². The van der Waals surface area contributed by atoms with E-state index in [0.717, 1.165) is 10.9 Å². The first-order chi connectivity index (χ1) is 12.4. The van der Waals surface area contributed by atoms with E-state index in [0.29, 0.717) is 5.52 Å². The smallest absolute Gasteiger partial charge is 0.338 e. The largest absolute Gasteiger partial charge is 0.466 e. The molecule has 0 saturated carbocycles. The minimum absolute atomic E-state index is 0.00652. The van der Waals surface area contributed by atoms with E-state index in [1.165, 1.54) is 7.11 Å². The number of hydrogen-bond donors (Lipinski definition) is 2. The Morgan fingerprint density at radius 3 is 2.73 bits per heavy atom. The van der Waals surface area contributed by atoms with Crippen molar-refractivity contribution in [1.29, 1.82) is 5.26 Å². The lowest BCUT2D eigenvalue weighted by molar-refractivity contribution is -0.136. The van der Waals surface area contributed by atoms with Gasteiger partial charge in [-0.3, -0.25) is 4.79 Å². The molecule has 7 heteroatoms. The first-order valence-corrected chi connectivity index (χ1v) is 7.87. The highest BCUT2D eigenvalue weighted by Crippen LogP contribution is 2.38. The molecule has 1 aliphatic rings. The summed E-state index contributed by atoms with van der Waals surface area (Å²) in [5, 5.41) is 10.3. The van der Waals surface area contributed by atoms with Crippen molar-refractivity contribution >= 4 is 16.9 Å². The monoisotopic (exact) mass is 351 g/mol. The Morgan fingerprint density at radius 1 is 1.35 bits per heavy atom. The Balaban J connectivity index is 2.31. The molecule has 0 fully saturated rings. The predicted octanol–water partition coefficient (Wildman–Crippen LogP) is 2.09. The number of carbonyl (C=O) groups excluding carboxylic acids is 1. The fourth-order valence-corrected chi connectivity index (χ4v) is 3.11. The summed E-state index contributed by atoms with van der Waals surface area (Å²) >= 11 is 0. The van der Waals surface area contributed by atoms with Crippen LogP contribution in [0.3, 0.4) is 0 Å². The fourth-order valence-electron chi connectivity index (χ4n) is 3.11. The van der Waals surface area contributed by atoms with Gasteiger partial charge >= 0.3 is 5.97 Å². The van der Waals surface area contributed by atoms with Gasteiger partial charge in [0.05, 0.1) is 18.6 Å². The van der Waals surface area contributed by atoms with Gasteiger partial charge in [0.1, 0.15) is 17.4 Å². The third-order valence-corrected chi connectivity index (χ3v) is 4.35. The summed E-state index contributed by atoms with van der Waals surface area (Å²) in [6.45, 7) is 3.46. The van der Waals surface area contributed by atoms with Crippen molar-refractivity contribution in [1.82, 2.24) is 4.98 Å². The molecule has 0 radical (unpaired) electrons. The van der Waals surface area contributed by atoms with Gasteiger partial charge in [-0.05, 0) is 36.9 Å². The molecule has 0 bridgehead atoms. The minimum Gasteiger partial charge on any atom is -0.466 e. The molecule has 26 heavy (non-hydrogen) atoms. The molecule has 2 heterocycles. The standard InChI is InChI=1S/C19H17N3O4/c1-9-4-5-11-7-12(18(23)22-14(11)6-9)16-13(8-20)17(21)26-10(2)15(16)19(24)25-3/h4-7,16H,21H2,1-3H3,(H,22,23)/t16-/m1/s1. The molecule has 2 aromatic rings. The second-order valence-electron chi connectivity index (χ2n) is 6.03. The van der Waals surface area contributed by atoms with Crippen LogP contribution in [-0.2, 0) is 14.3 Å². The van der Waals surface area contributed by atoms with E-state index in [9.17, 15) is 14.9 Å². The second-order valence-corrected chi connectivity index (χ2v) is 6.03. The lowest BCUT2D eigenvalue weighted by atomic mass is 9.83. The number of aromatic nitrogens is 1. The molecule has 1 aliphatic heterocycles. The van der Waals surface area contributed by atoms with Gasteiger partial charge in [0.2, 0.25) is 5.88 Å². The van der Waals surface area contributed by atoms with Crippen LogP contribution >= 0.6 is 0 Å². The number of hydrogen-bond acceptors (Lipinski definition) is 6. The lowest BCUT2D eigenvalue weighted by Gasteiger charge is -2.26. The predicted molar refractivity (Wildman–Crippen MR) is 94.7 cm³/mol. The summed E-state index contributed by atoms with van der Waals surface area (Å²) < 4.78 is 10.1. The molecule has 3 rings (SSSR count). The summed E-state index contributed by atoms with van der Waals surface area (Å²) in [6, 6.07) is 9.22. The topological polar surface area (TPSA) is 118 Å². The van der Waals surface area contributed by atoms with Crippen LogP contribution in [0.2, 0.25) is 0 Å². The molecule has 0 aliphatic carbocycles. The summed E-state index contributed by atoms with van der Waals surface area (Å²) in [4.78, 5) is 27.8. The molecule has 1 atom stereocenters. The van der Waals surface area contributed by atoms with Crippen LogP contribution in [0.4, 0.5) is 0 Å². The van der Waals surface area contributed by atoms with E-state index in [2.05, 4.69) is 4.98 Å². The number of nitrogens with zero attached hydrogens (tertiary/aromatic N) is 1. The molecule has 0 spiro atoms. The van der Waals surface area contributed by atoms with Crippen molar-refractivity contribution < 1.29 is 14.3 Å². The van der Waals surface area contributed by atoms with Crippen LogP contribution < -0.4 is 11.3 Å². The highest BCUT2D eigenvalue weighted by Gasteiger charge is 2.37. The van der Waals surface area contributed by atoms with Gasteiger partial charge in [0.15, 0.2) is 0 Å². The van der Waals surface area contributed by atoms with Crippen LogP contribution in [-0.4, -0.2) is 18.1 Å². The number of rotatable bonds is 2. The average molecular weight is 351 g/mol. The van der Waals surface area contributed by atoms with Crippen LogP contribution in [0.1, 0.15) is 24.0 Å². The number of nitrogens with one attached hydrogen (secondary N) is 1. The number of H-pyrrole nitrogens is 1. The van der Waals surface area contributed by atoms with Gasteiger partial charge in [0.25, 0.3) is 5.56 Å². The first-order valence-electron chi connectivity index (χ1n) is 7.87. The molecular formula is C19H17N3O4. The zero-order chi connectivity index (χ0) is 19.0. The van der Waals surface area contributed by atoms with Gasteiger partial charge < -0.3 is 20.2 Å². The van der Waals surface area contributed by atoms with Gasteiger partial charge in [0, 0.05) is 11.1 Å². The summed E-state index contributed by atoms with van der Waals surface area (Å²) in [7, 11) is 1.22. The number of allylic oxidation sites excluding steroid dienone is 2. The molecule has 0 unspecified atom stereocenters. The van der Waals surface area contributed by atoms with Gasteiger partial charge in [-0.25, -0.2) is 4.79 Å². The normalized spacial score (nSPS) is 17.1. The number of nitriles is 1. The van der Waals surface area contributed by atoms with E-state index in [1.807, 2.05) is 31.2 Å². The van der Waals surface area contributed by atoms with E-state index in [-0.39, 0.29) is 28.4 Å². The number of pyridine rings is 1. The number of ether oxygens (including phenoxy) is 2. The molecular weight excluding hydrogens is 334 g/mol. The maximum Gasteiger partial charge on any atom is 0.338 e. The van der Waals surface area contributed by atoms with E-state index in [4.69, 9.17) is 15.2 Å². The zero-order valence-electron chi connectivity index (χ0n) is 14.5. The van der Waals surface area contributed by atoms with Crippen molar-refractivity contribution in [2.45, 2.75) is 19.8 Å². The number of nitrogens with two attached hydrogens (primary N) is 1. The maximum atomic E-state index is 12.7. The number of aromatic amines is 1. The van der Waals surface area contributed by atoms with Gasteiger partial charge in [-0.2, -0.15) is 5.26 Å². The third kappa shape index (κ3) is 2.71. The van der Waals surface area contributed by atoms with Gasteiger partial charge in [-0.1, -0.05) is 12.1 Å². The Morgan fingerprint density at radius 2 is 2.08 bits per heavy atom. The number of aryl methyl sites for hydroxylation is 1. The molecule has 3 N–H and O–H groups in total. The summed E-state index contributed by atoms with van der Waals surface area (Å²) in [6.07, 6.45) is 0. The van der Waals surface area contributed by atoms with Crippen molar-refractivity contribution in [3.8, 4) is 6.07 Å². The number of methoxy groups -OCH3 is 1. The van der Waals surface area contributed by atoms with E-state index >= 15 is 0 Å². The maximum absolute atomic E-state index is 12.7. The van der Waals surface area contributed by atoms with E-state index < -0.39 is 17.4 Å². The van der Waals surface area contributed by atoms with Crippen LogP contribution in [0, 0.1) is 18.3 Å². The zero-order valence-corrected chi connectivity index (χ0v) is 14.5. The number of benzene rings is 1. The number of fused-ring (bicyclic) bond motifs is 1. The molecule has 1 aromatic carbocycles. The van der Waals surface area contributed by atoms with Gasteiger partial charge in [-0.15, -0.1) is 0 Å². The van der Waals surface area contributed by atoms with E-state index in [1.54, 1.807) is 13.0 Å². The SMILES string of the molecule is COC(=O)C1=C(C)OC(N)=C(C#N)[C@H]1c1cc2ccc(C)cc2[nH]c1=O. The third-order valence-electron chi connectivity index (χ3n) is 4.35. The van der Waals surface area contributed by atoms with Crippen LogP contribution in [0.5, 0.6) is 0 Å². The molecule has 0 amide bonds. The first kappa shape index (κ1) is 17.3. The van der Waals surface area contributed by atoms with Crippen molar-refractivity contribution in [2.24, 2.45) is 5.73 Å². The summed E-state index contributed by atoms with van der Waals surface area (Å²) in [5.74, 6) is -1.58. The average Bonchev–Trinajstić information content (AvgIpc) is 2.60. The molecule has 1 aromatic heterocycles. The Labute approximate surface area is 149 Å². The highest BCUT2D eigenvalue weighted by molar-refractivity contribution is 5.93. The van der Waals surface area contributed by atoms with Crippen LogP contribution in [0.25, 0.3) is 10.9 Å². The Bertz CT molecular complexity index is 1090.